The number of benzene rings is 2. The van der Waals surface area contributed by atoms with E-state index < -0.39 is 0 Å². The molecule has 9 nitrogen and oxygen atoms in total. The van der Waals surface area contributed by atoms with Crippen LogP contribution in [0.25, 0.3) is 11.3 Å². The summed E-state index contributed by atoms with van der Waals surface area (Å²) in [5.74, 6) is -0.387. The van der Waals surface area contributed by atoms with Gasteiger partial charge in [0.15, 0.2) is 5.13 Å². The van der Waals surface area contributed by atoms with Gasteiger partial charge < -0.3 is 15.5 Å². The van der Waals surface area contributed by atoms with Gasteiger partial charge in [-0.3, -0.25) is 19.7 Å². The number of nitro benzene ring substituents is 1. The molecule has 3 aromatic rings. The zero-order valence-corrected chi connectivity index (χ0v) is 18.8. The second kappa shape index (κ2) is 9.78. The minimum absolute atomic E-state index is 0.0841. The molecule has 0 bridgehead atoms. The third kappa shape index (κ3) is 5.35. The lowest BCUT2D eigenvalue weighted by Gasteiger charge is -2.32. The number of nitro groups is 1. The average molecular weight is 466 g/mol. The number of nitrogens with zero attached hydrogens (tertiary/aromatic N) is 3. The Bertz CT molecular complexity index is 1170. The predicted octanol–water partition coefficient (Wildman–Crippen LogP) is 4.53. The van der Waals surface area contributed by atoms with Crippen molar-refractivity contribution in [2.24, 2.45) is 5.92 Å². The molecule has 170 valence electrons. The highest BCUT2D eigenvalue weighted by Gasteiger charge is 2.28. The summed E-state index contributed by atoms with van der Waals surface area (Å²) in [4.78, 5) is 41.3. The van der Waals surface area contributed by atoms with Crippen LogP contribution in [0.4, 0.5) is 22.2 Å². The lowest BCUT2D eigenvalue weighted by Crippen LogP contribution is -2.38. The molecule has 0 unspecified atom stereocenters. The molecule has 0 radical (unpaired) electrons. The maximum absolute atomic E-state index is 12.8. The summed E-state index contributed by atoms with van der Waals surface area (Å²) in [5, 5.41) is 19.3. The van der Waals surface area contributed by atoms with E-state index in [0.717, 1.165) is 11.3 Å². The number of carbonyl (C=O) groups is 2. The number of carbonyl (C=O) groups excluding carboxylic acids is 2. The number of piperidine rings is 1. The second-order valence-electron chi connectivity index (χ2n) is 7.79. The van der Waals surface area contributed by atoms with Gasteiger partial charge in [-0.15, -0.1) is 11.3 Å². The van der Waals surface area contributed by atoms with Crippen molar-refractivity contribution in [1.29, 1.82) is 0 Å². The van der Waals surface area contributed by atoms with Crippen LogP contribution in [-0.4, -0.2) is 34.8 Å². The first-order valence-corrected chi connectivity index (χ1v) is 11.4. The van der Waals surface area contributed by atoms with E-state index in [1.807, 2.05) is 22.4 Å². The van der Waals surface area contributed by atoms with Crippen molar-refractivity contribution in [2.45, 2.75) is 19.8 Å². The molecule has 1 aliphatic rings. The van der Waals surface area contributed by atoms with Crippen LogP contribution in [0.5, 0.6) is 0 Å². The van der Waals surface area contributed by atoms with Crippen molar-refractivity contribution < 1.29 is 14.5 Å². The van der Waals surface area contributed by atoms with E-state index in [1.165, 1.54) is 24.3 Å². The topological polar surface area (TPSA) is 117 Å². The number of rotatable bonds is 6. The van der Waals surface area contributed by atoms with Crippen LogP contribution < -0.4 is 15.5 Å². The Kier molecular flexibility index (Phi) is 6.64. The first-order chi connectivity index (χ1) is 15.9. The van der Waals surface area contributed by atoms with Crippen molar-refractivity contribution in [1.82, 2.24) is 4.98 Å². The SMILES string of the molecule is CC(=O)Nc1ccc(-c2csc(NC(=O)C3CCN(c4ccccc4[N+](=O)[O-])CC3)n2)cc1. The average Bonchev–Trinajstić information content (AvgIpc) is 3.27. The number of hydrogen-bond donors (Lipinski definition) is 2. The van der Waals surface area contributed by atoms with Crippen molar-refractivity contribution in [2.75, 3.05) is 28.6 Å². The highest BCUT2D eigenvalue weighted by atomic mass is 32.1. The van der Waals surface area contributed by atoms with Crippen molar-refractivity contribution in [3.05, 3.63) is 64.0 Å². The van der Waals surface area contributed by atoms with E-state index in [9.17, 15) is 19.7 Å². The lowest BCUT2D eigenvalue weighted by molar-refractivity contribution is -0.384. The number of thiazole rings is 1. The fourth-order valence-electron chi connectivity index (χ4n) is 3.87. The molecular formula is C23H23N5O4S. The third-order valence-corrected chi connectivity index (χ3v) is 6.28. The van der Waals surface area contributed by atoms with E-state index in [0.29, 0.717) is 42.4 Å². The summed E-state index contributed by atoms with van der Waals surface area (Å²) >= 11 is 1.36. The van der Waals surface area contributed by atoms with Crippen molar-refractivity contribution in [3.63, 3.8) is 0 Å². The molecular weight excluding hydrogens is 442 g/mol. The molecule has 2 N–H and O–H groups in total. The fraction of sp³-hybridized carbons (Fsp3) is 0.261. The number of para-hydroxylation sites is 2. The summed E-state index contributed by atoms with van der Waals surface area (Å²) in [6, 6.07) is 14.0. The molecule has 1 fully saturated rings. The van der Waals surface area contributed by atoms with Crippen LogP contribution in [0.1, 0.15) is 19.8 Å². The predicted molar refractivity (Wildman–Crippen MR) is 129 cm³/mol. The number of amides is 2. The monoisotopic (exact) mass is 465 g/mol. The van der Waals surface area contributed by atoms with Gasteiger partial charge in [0.1, 0.15) is 5.69 Å². The van der Waals surface area contributed by atoms with E-state index >= 15 is 0 Å². The molecule has 0 saturated carbocycles. The number of anilines is 3. The zero-order valence-electron chi connectivity index (χ0n) is 18.0. The molecule has 2 heterocycles. The Balaban J connectivity index is 1.34. The molecule has 0 spiro atoms. The largest absolute Gasteiger partial charge is 0.366 e. The Hall–Kier alpha value is -3.79. The summed E-state index contributed by atoms with van der Waals surface area (Å²) < 4.78 is 0. The Labute approximate surface area is 194 Å². The molecule has 4 rings (SSSR count). The highest BCUT2D eigenvalue weighted by Crippen LogP contribution is 2.32. The van der Waals surface area contributed by atoms with Crippen LogP contribution in [-0.2, 0) is 9.59 Å². The Morgan fingerprint density at radius 2 is 1.79 bits per heavy atom. The van der Waals surface area contributed by atoms with Gasteiger partial charge in [-0.25, -0.2) is 4.98 Å². The number of aromatic nitrogens is 1. The summed E-state index contributed by atoms with van der Waals surface area (Å²) in [5.41, 5.74) is 3.02. The van der Waals surface area contributed by atoms with Gasteiger partial charge in [-0.1, -0.05) is 24.3 Å². The second-order valence-corrected chi connectivity index (χ2v) is 8.65. The van der Waals surface area contributed by atoms with Gasteiger partial charge >= 0.3 is 0 Å². The quantitative estimate of drug-likeness (QED) is 0.408. The number of nitrogens with one attached hydrogen (secondary N) is 2. The number of hydrogen-bond acceptors (Lipinski definition) is 7. The molecule has 0 aliphatic carbocycles. The van der Waals surface area contributed by atoms with E-state index in [4.69, 9.17) is 0 Å². The fourth-order valence-corrected chi connectivity index (χ4v) is 4.59. The summed E-state index contributed by atoms with van der Waals surface area (Å²) in [7, 11) is 0. The van der Waals surface area contributed by atoms with Crippen LogP contribution in [0.3, 0.4) is 0 Å². The van der Waals surface area contributed by atoms with E-state index in [-0.39, 0.29) is 28.3 Å². The van der Waals surface area contributed by atoms with E-state index in [2.05, 4.69) is 15.6 Å². The minimum atomic E-state index is -0.373. The molecule has 10 heteroatoms. The normalized spacial score (nSPS) is 14.0. The molecule has 2 amide bonds. The van der Waals surface area contributed by atoms with E-state index in [1.54, 1.807) is 30.3 Å². The molecule has 2 aromatic carbocycles. The van der Waals surface area contributed by atoms with Crippen molar-refractivity contribution in [3.8, 4) is 11.3 Å². The highest BCUT2D eigenvalue weighted by molar-refractivity contribution is 7.14. The van der Waals surface area contributed by atoms with Gasteiger partial charge in [0.05, 0.1) is 10.6 Å². The van der Waals surface area contributed by atoms with Crippen LogP contribution in [0.15, 0.2) is 53.9 Å². The maximum Gasteiger partial charge on any atom is 0.292 e. The first kappa shape index (κ1) is 22.4. The lowest BCUT2D eigenvalue weighted by atomic mass is 9.95. The Morgan fingerprint density at radius 1 is 1.09 bits per heavy atom. The summed E-state index contributed by atoms with van der Waals surface area (Å²) in [6.45, 7) is 2.61. The minimum Gasteiger partial charge on any atom is -0.366 e. The summed E-state index contributed by atoms with van der Waals surface area (Å²) in [6.07, 6.45) is 1.22. The van der Waals surface area contributed by atoms with Gasteiger partial charge in [-0.2, -0.15) is 0 Å². The molecule has 33 heavy (non-hydrogen) atoms. The molecule has 1 aromatic heterocycles. The Morgan fingerprint density at radius 3 is 2.45 bits per heavy atom. The van der Waals surface area contributed by atoms with Gasteiger partial charge in [0.2, 0.25) is 11.8 Å². The molecule has 1 saturated heterocycles. The first-order valence-electron chi connectivity index (χ1n) is 10.5. The molecule has 1 aliphatic heterocycles. The third-order valence-electron chi connectivity index (χ3n) is 5.52. The van der Waals surface area contributed by atoms with Crippen LogP contribution >= 0.6 is 11.3 Å². The standard InChI is InChI=1S/C23H23N5O4S/c1-15(29)24-18-8-6-16(7-9-18)19-14-33-23(25-19)26-22(30)17-10-12-27(13-11-17)20-4-2-3-5-21(20)28(31)32/h2-9,14,17H,10-13H2,1H3,(H,24,29)(H,25,26,30). The van der Waals surface area contributed by atoms with Gasteiger partial charge in [-0.05, 0) is 31.0 Å². The maximum atomic E-state index is 12.8. The van der Waals surface area contributed by atoms with Gasteiger partial charge in [0, 0.05) is 48.6 Å². The zero-order chi connectivity index (χ0) is 23.4. The smallest absolute Gasteiger partial charge is 0.292 e. The van der Waals surface area contributed by atoms with Crippen LogP contribution in [0.2, 0.25) is 0 Å². The van der Waals surface area contributed by atoms with Gasteiger partial charge in [0.25, 0.3) is 5.69 Å². The van der Waals surface area contributed by atoms with Crippen LogP contribution in [0, 0.1) is 16.0 Å². The van der Waals surface area contributed by atoms with Crippen molar-refractivity contribution >= 4 is 45.3 Å². The molecule has 0 atom stereocenters.